The van der Waals surface area contributed by atoms with Crippen LogP contribution in [-0.2, 0) is 45.1 Å². The van der Waals surface area contributed by atoms with E-state index in [4.69, 9.17) is 22.1 Å². The molecule has 198 valence electrons. The number of aryl methyl sites for hydroxylation is 1. The smallest absolute Gasteiger partial charge is 0.514 e. The molecule has 0 saturated carbocycles. The maximum absolute atomic E-state index is 11.7. The second-order valence-electron chi connectivity index (χ2n) is 9.00. The first-order valence-electron chi connectivity index (χ1n) is 12.4. The highest BCUT2D eigenvalue weighted by Crippen LogP contribution is 2.31. The number of benzene rings is 3. The molecule has 8 nitrogen and oxygen atoms in total. The van der Waals surface area contributed by atoms with Crippen molar-refractivity contribution < 1.29 is 36.5 Å². The number of hydrogen-bond acceptors (Lipinski definition) is 8. The molecule has 0 atom stereocenters. The molecule has 0 unspecified atom stereocenters. The molecule has 1 aliphatic heterocycles. The van der Waals surface area contributed by atoms with Crippen molar-refractivity contribution in [2.24, 2.45) is 0 Å². The van der Waals surface area contributed by atoms with Crippen molar-refractivity contribution in [2.45, 2.75) is 46.3 Å². The van der Waals surface area contributed by atoms with Crippen LogP contribution >= 0.6 is 0 Å². The van der Waals surface area contributed by atoms with Gasteiger partial charge in [0.25, 0.3) is 17.9 Å². The number of carbonyl (C=O) groups excluding carboxylic acids is 3. The summed E-state index contributed by atoms with van der Waals surface area (Å²) in [5.74, 6) is -1.24. The third kappa shape index (κ3) is 6.39. The van der Waals surface area contributed by atoms with Gasteiger partial charge < -0.3 is 22.1 Å². The van der Waals surface area contributed by atoms with Crippen molar-refractivity contribution in [3.63, 3.8) is 0 Å². The molecule has 38 heavy (non-hydrogen) atoms. The Hall–Kier alpha value is -3.74. The Morgan fingerprint density at radius 1 is 0.789 bits per heavy atom. The SMILES string of the molecule is CC(=O)O[Si](CCCc1ccc2c(c1)CO[Si](c1ccccc1)(c1ccccc1)O2)(OC(C)=O)OC(C)=O. The average Bonchev–Trinajstić information content (AvgIpc) is 2.88. The molecule has 0 spiro atoms. The third-order valence-corrected chi connectivity index (χ3v) is 12.0. The quantitative estimate of drug-likeness (QED) is 0.374. The Morgan fingerprint density at radius 2 is 1.32 bits per heavy atom. The van der Waals surface area contributed by atoms with E-state index in [0.717, 1.165) is 27.2 Å². The van der Waals surface area contributed by atoms with Gasteiger partial charge in [-0.05, 0) is 30.5 Å². The van der Waals surface area contributed by atoms with Gasteiger partial charge in [-0.2, -0.15) is 0 Å². The maximum Gasteiger partial charge on any atom is 0.705 e. The van der Waals surface area contributed by atoms with Crippen LogP contribution < -0.4 is 14.8 Å². The zero-order valence-electron chi connectivity index (χ0n) is 21.6. The highest BCUT2D eigenvalue weighted by molar-refractivity contribution is 6.93. The standard InChI is InChI=1S/C28H30O8Si2/c1-21(29)33-37(34-22(2)30,35-23(3)31)18-10-11-24-16-17-28-25(19-24)20-32-38(36-28,26-12-6-4-7-13-26)27-14-8-5-9-15-27/h4-9,12-17,19H,10-11,18,20H2,1-3H3. The summed E-state index contributed by atoms with van der Waals surface area (Å²) in [5, 5.41) is 2.06. The lowest BCUT2D eigenvalue weighted by molar-refractivity contribution is -0.147. The Balaban J connectivity index is 1.52. The fraction of sp³-hybridized carbons (Fsp3) is 0.250. The van der Waals surface area contributed by atoms with E-state index in [0.29, 0.717) is 19.4 Å². The second kappa shape index (κ2) is 11.8. The third-order valence-electron chi connectivity index (χ3n) is 5.96. The fourth-order valence-electron chi connectivity index (χ4n) is 4.51. The first-order valence-corrected chi connectivity index (χ1v) is 16.1. The van der Waals surface area contributed by atoms with Crippen LogP contribution in [0.25, 0.3) is 0 Å². The molecule has 0 bridgehead atoms. The zero-order chi connectivity index (χ0) is 27.2. The summed E-state index contributed by atoms with van der Waals surface area (Å²) in [6.07, 6.45) is 1.04. The molecule has 4 rings (SSSR count). The van der Waals surface area contributed by atoms with Crippen LogP contribution in [0, 0.1) is 0 Å². The van der Waals surface area contributed by atoms with Crippen molar-refractivity contribution in [3.8, 4) is 5.75 Å². The molecule has 1 heterocycles. The van der Waals surface area contributed by atoms with E-state index in [2.05, 4.69) is 0 Å². The minimum atomic E-state index is -3.85. The van der Waals surface area contributed by atoms with E-state index in [1.165, 1.54) is 20.8 Å². The fourth-order valence-corrected chi connectivity index (χ4v) is 9.96. The highest BCUT2D eigenvalue weighted by atomic mass is 28.4. The number of rotatable bonds is 9. The monoisotopic (exact) mass is 550 g/mol. The summed E-state index contributed by atoms with van der Waals surface area (Å²) >= 11 is 0. The molecule has 0 aliphatic carbocycles. The summed E-state index contributed by atoms with van der Waals surface area (Å²) in [4.78, 5) is 35.0. The number of carbonyl (C=O) groups is 3. The lowest BCUT2D eigenvalue weighted by Crippen LogP contribution is -2.66. The first kappa shape index (κ1) is 27.3. The largest absolute Gasteiger partial charge is 0.705 e. The van der Waals surface area contributed by atoms with Gasteiger partial charge in [0.15, 0.2) is 0 Å². The van der Waals surface area contributed by atoms with E-state index >= 15 is 0 Å². The van der Waals surface area contributed by atoms with E-state index in [9.17, 15) is 14.4 Å². The second-order valence-corrected chi connectivity index (χ2v) is 14.4. The number of hydrogen-bond donors (Lipinski definition) is 0. The van der Waals surface area contributed by atoms with Gasteiger partial charge in [0.05, 0.1) is 12.7 Å². The predicted octanol–water partition coefficient (Wildman–Crippen LogP) is 3.41. The number of fused-ring (bicyclic) bond motifs is 1. The topological polar surface area (TPSA) is 97.4 Å². The van der Waals surface area contributed by atoms with Crippen LogP contribution in [0.3, 0.4) is 0 Å². The average molecular weight is 551 g/mol. The van der Waals surface area contributed by atoms with Gasteiger partial charge in [0.2, 0.25) is 0 Å². The maximum atomic E-state index is 11.7. The Kier molecular flexibility index (Phi) is 8.45. The van der Waals surface area contributed by atoms with Crippen LogP contribution in [-0.4, -0.2) is 35.3 Å². The van der Waals surface area contributed by atoms with Gasteiger partial charge >= 0.3 is 17.4 Å². The summed E-state index contributed by atoms with van der Waals surface area (Å²) in [7, 11) is -6.79. The molecule has 10 heteroatoms. The molecule has 3 aromatic rings. The molecule has 1 aliphatic rings. The highest BCUT2D eigenvalue weighted by Gasteiger charge is 2.51. The predicted molar refractivity (Wildman–Crippen MR) is 144 cm³/mol. The summed E-state index contributed by atoms with van der Waals surface area (Å²) in [6.45, 7) is 3.96. The molecule has 0 amide bonds. The van der Waals surface area contributed by atoms with Gasteiger partial charge in [0.1, 0.15) is 5.75 Å². The van der Waals surface area contributed by atoms with Gasteiger partial charge in [-0.3, -0.25) is 14.4 Å². The van der Waals surface area contributed by atoms with Crippen molar-refractivity contribution in [3.05, 3.63) is 90.0 Å². The molecule has 0 aromatic heterocycles. The Morgan fingerprint density at radius 3 is 1.82 bits per heavy atom. The van der Waals surface area contributed by atoms with Crippen LogP contribution in [0.4, 0.5) is 0 Å². The van der Waals surface area contributed by atoms with Crippen molar-refractivity contribution in [1.82, 2.24) is 0 Å². The van der Waals surface area contributed by atoms with Crippen LogP contribution in [0.1, 0.15) is 38.3 Å². The zero-order valence-corrected chi connectivity index (χ0v) is 23.6. The van der Waals surface area contributed by atoms with E-state index in [1.54, 1.807) is 0 Å². The van der Waals surface area contributed by atoms with Crippen LogP contribution in [0.15, 0.2) is 78.9 Å². The van der Waals surface area contributed by atoms with Crippen molar-refractivity contribution >= 4 is 45.6 Å². The van der Waals surface area contributed by atoms with E-state index in [1.807, 2.05) is 78.9 Å². The van der Waals surface area contributed by atoms with Crippen LogP contribution in [0.5, 0.6) is 5.75 Å². The van der Waals surface area contributed by atoms with Gasteiger partial charge in [-0.15, -0.1) is 0 Å². The van der Waals surface area contributed by atoms with Crippen molar-refractivity contribution in [2.75, 3.05) is 0 Å². The van der Waals surface area contributed by atoms with Gasteiger partial charge in [-0.1, -0.05) is 66.7 Å². The molecule has 0 saturated heterocycles. The van der Waals surface area contributed by atoms with Crippen molar-refractivity contribution in [1.29, 1.82) is 0 Å². The Labute approximate surface area is 224 Å². The molecule has 0 fully saturated rings. The Bertz CT molecular complexity index is 1220. The van der Waals surface area contributed by atoms with E-state index < -0.39 is 35.3 Å². The van der Waals surface area contributed by atoms with Crippen LogP contribution in [0.2, 0.25) is 6.04 Å². The molecular weight excluding hydrogens is 520 g/mol. The summed E-state index contributed by atoms with van der Waals surface area (Å²) in [6, 6.07) is 26.2. The first-order chi connectivity index (χ1) is 18.2. The molecule has 0 radical (unpaired) electrons. The van der Waals surface area contributed by atoms with Gasteiger partial charge in [0, 0.05) is 36.7 Å². The van der Waals surface area contributed by atoms with E-state index in [-0.39, 0.29) is 6.04 Å². The molecule has 3 aromatic carbocycles. The summed E-state index contributed by atoms with van der Waals surface area (Å²) < 4.78 is 29.1. The molecule has 0 N–H and O–H groups in total. The van der Waals surface area contributed by atoms with Gasteiger partial charge in [-0.25, -0.2) is 0 Å². The minimum Gasteiger partial charge on any atom is -0.514 e. The lowest BCUT2D eigenvalue weighted by Gasteiger charge is -2.36. The lowest BCUT2D eigenvalue weighted by atomic mass is 10.1. The minimum absolute atomic E-state index is 0.119. The normalized spacial score (nSPS) is 14.0. The summed E-state index contributed by atoms with van der Waals surface area (Å²) in [5.41, 5.74) is 1.93. The molecular formula is C28H30O8Si2.